The number of hydrogen-bond donors (Lipinski definition) is 1. The summed E-state index contributed by atoms with van der Waals surface area (Å²) in [5.41, 5.74) is 1.41. The number of benzene rings is 1. The molecule has 1 unspecified atom stereocenters. The molecular weight excluding hydrogens is 326 g/mol. The van der Waals surface area contributed by atoms with Crippen LogP contribution in [0.5, 0.6) is 0 Å². The lowest BCUT2D eigenvalue weighted by molar-refractivity contribution is 0.538. The summed E-state index contributed by atoms with van der Waals surface area (Å²) in [5.74, 6) is 1.71. The van der Waals surface area contributed by atoms with Gasteiger partial charge in [0.15, 0.2) is 0 Å². The van der Waals surface area contributed by atoms with Gasteiger partial charge >= 0.3 is 0 Å². The number of hydrogen-bond acceptors (Lipinski definition) is 2. The van der Waals surface area contributed by atoms with Gasteiger partial charge in [-0.25, -0.2) is 4.98 Å². The fourth-order valence-corrected chi connectivity index (χ4v) is 3.10. The van der Waals surface area contributed by atoms with Gasteiger partial charge in [-0.05, 0) is 42.9 Å². The van der Waals surface area contributed by atoms with Crippen molar-refractivity contribution in [1.29, 1.82) is 0 Å². The molecule has 1 aromatic carbocycles. The maximum atomic E-state index is 4.44. The quantitative estimate of drug-likeness (QED) is 0.828. The van der Waals surface area contributed by atoms with Crippen LogP contribution in [0.1, 0.15) is 36.6 Å². The molecule has 1 saturated carbocycles. The average Bonchev–Trinajstić information content (AvgIpc) is 3.21. The Labute approximate surface area is 134 Å². The highest BCUT2D eigenvalue weighted by atomic mass is 79.9. The van der Waals surface area contributed by atoms with Gasteiger partial charge in [-0.2, -0.15) is 0 Å². The Morgan fingerprint density at radius 1 is 1.43 bits per heavy atom. The fourth-order valence-electron chi connectivity index (χ4n) is 2.68. The molecule has 1 aliphatic rings. The maximum Gasteiger partial charge on any atom is 0.108 e. The SMILES string of the molecule is Cn1ccnc1CCC(CNC1CC1)c1cccc(Br)c1. The first-order valence-corrected chi connectivity index (χ1v) is 8.46. The molecule has 1 N–H and O–H groups in total. The Balaban J connectivity index is 1.67. The van der Waals surface area contributed by atoms with Crippen molar-refractivity contribution >= 4 is 15.9 Å². The van der Waals surface area contributed by atoms with Crippen molar-refractivity contribution in [2.24, 2.45) is 7.05 Å². The topological polar surface area (TPSA) is 29.9 Å². The van der Waals surface area contributed by atoms with Crippen LogP contribution in [0.4, 0.5) is 0 Å². The first-order chi connectivity index (χ1) is 10.2. The Morgan fingerprint density at radius 3 is 2.95 bits per heavy atom. The molecule has 1 aliphatic carbocycles. The third-order valence-corrected chi connectivity index (χ3v) is 4.68. The van der Waals surface area contributed by atoms with Gasteiger partial charge in [0.25, 0.3) is 0 Å². The summed E-state index contributed by atoms with van der Waals surface area (Å²) < 4.78 is 3.28. The molecule has 0 amide bonds. The normalized spacial score (nSPS) is 16.1. The van der Waals surface area contributed by atoms with Crippen molar-refractivity contribution in [3.8, 4) is 0 Å². The first-order valence-electron chi connectivity index (χ1n) is 7.67. The minimum Gasteiger partial charge on any atom is -0.338 e. The zero-order valence-electron chi connectivity index (χ0n) is 12.4. The Hall–Kier alpha value is -1.13. The van der Waals surface area contributed by atoms with Gasteiger partial charge in [-0.1, -0.05) is 28.1 Å². The molecule has 3 rings (SSSR count). The second-order valence-corrected chi connectivity index (χ2v) is 6.84. The van der Waals surface area contributed by atoms with E-state index in [1.165, 1.54) is 24.2 Å². The molecule has 0 saturated heterocycles. The van der Waals surface area contributed by atoms with E-state index in [-0.39, 0.29) is 0 Å². The standard InChI is InChI=1S/C17H22BrN3/c1-21-10-9-19-17(21)8-5-14(12-20-16-6-7-16)13-3-2-4-15(18)11-13/h2-4,9-11,14,16,20H,5-8,12H2,1H3. The summed E-state index contributed by atoms with van der Waals surface area (Å²) in [6, 6.07) is 9.46. The molecule has 0 aliphatic heterocycles. The van der Waals surface area contributed by atoms with E-state index in [2.05, 4.69) is 62.1 Å². The van der Waals surface area contributed by atoms with Gasteiger partial charge in [-0.15, -0.1) is 0 Å². The van der Waals surface area contributed by atoms with E-state index in [1.54, 1.807) is 0 Å². The lowest BCUT2D eigenvalue weighted by Crippen LogP contribution is -2.24. The summed E-state index contributed by atoms with van der Waals surface area (Å²) >= 11 is 3.59. The zero-order valence-corrected chi connectivity index (χ0v) is 14.0. The number of imidazole rings is 1. The second kappa shape index (κ2) is 6.75. The van der Waals surface area contributed by atoms with Gasteiger partial charge in [0.2, 0.25) is 0 Å². The monoisotopic (exact) mass is 347 g/mol. The predicted molar refractivity (Wildman–Crippen MR) is 89.4 cm³/mol. The Kier molecular flexibility index (Phi) is 4.76. The Morgan fingerprint density at radius 2 is 2.29 bits per heavy atom. The third-order valence-electron chi connectivity index (χ3n) is 4.19. The lowest BCUT2D eigenvalue weighted by Gasteiger charge is -2.18. The zero-order chi connectivity index (χ0) is 14.7. The molecule has 0 bridgehead atoms. The predicted octanol–water partition coefficient (Wildman–Crippen LogP) is 3.65. The molecule has 1 aromatic heterocycles. The smallest absolute Gasteiger partial charge is 0.108 e. The van der Waals surface area contributed by atoms with Gasteiger partial charge in [0, 0.05) is 42.9 Å². The van der Waals surface area contributed by atoms with Gasteiger partial charge in [-0.3, -0.25) is 0 Å². The van der Waals surface area contributed by atoms with Crippen LogP contribution in [0.3, 0.4) is 0 Å². The van der Waals surface area contributed by atoms with E-state index in [1.807, 2.05) is 12.4 Å². The van der Waals surface area contributed by atoms with Gasteiger partial charge < -0.3 is 9.88 Å². The summed E-state index contributed by atoms with van der Waals surface area (Å²) in [4.78, 5) is 4.44. The number of aryl methyl sites for hydroxylation is 2. The molecular formula is C17H22BrN3. The van der Waals surface area contributed by atoms with Crippen molar-refractivity contribution < 1.29 is 0 Å². The molecule has 2 aromatic rings. The lowest BCUT2D eigenvalue weighted by atomic mass is 9.94. The fraction of sp³-hybridized carbons (Fsp3) is 0.471. The van der Waals surface area contributed by atoms with E-state index >= 15 is 0 Å². The average molecular weight is 348 g/mol. The highest BCUT2D eigenvalue weighted by Gasteiger charge is 2.22. The molecule has 1 heterocycles. The minimum absolute atomic E-state index is 0.541. The van der Waals surface area contributed by atoms with Crippen LogP contribution in [0.15, 0.2) is 41.1 Å². The van der Waals surface area contributed by atoms with E-state index < -0.39 is 0 Å². The summed E-state index contributed by atoms with van der Waals surface area (Å²) in [5, 5.41) is 3.68. The van der Waals surface area contributed by atoms with Crippen LogP contribution >= 0.6 is 15.9 Å². The molecule has 3 nitrogen and oxygen atoms in total. The number of halogens is 1. The van der Waals surface area contributed by atoms with E-state index in [9.17, 15) is 0 Å². The van der Waals surface area contributed by atoms with Crippen molar-refractivity contribution in [2.75, 3.05) is 6.54 Å². The van der Waals surface area contributed by atoms with Crippen LogP contribution in [0.2, 0.25) is 0 Å². The summed E-state index contributed by atoms with van der Waals surface area (Å²) in [6.45, 7) is 1.06. The van der Waals surface area contributed by atoms with Crippen LogP contribution in [0, 0.1) is 0 Å². The van der Waals surface area contributed by atoms with Crippen molar-refractivity contribution in [3.63, 3.8) is 0 Å². The van der Waals surface area contributed by atoms with Crippen LogP contribution in [-0.4, -0.2) is 22.1 Å². The highest BCUT2D eigenvalue weighted by molar-refractivity contribution is 9.10. The maximum absolute atomic E-state index is 4.44. The second-order valence-electron chi connectivity index (χ2n) is 5.93. The molecule has 21 heavy (non-hydrogen) atoms. The van der Waals surface area contributed by atoms with E-state index in [4.69, 9.17) is 0 Å². The number of rotatable bonds is 7. The largest absolute Gasteiger partial charge is 0.338 e. The minimum atomic E-state index is 0.541. The van der Waals surface area contributed by atoms with Crippen molar-refractivity contribution in [1.82, 2.24) is 14.9 Å². The third kappa shape index (κ3) is 4.17. The van der Waals surface area contributed by atoms with Gasteiger partial charge in [0.05, 0.1) is 0 Å². The number of nitrogens with zero attached hydrogens (tertiary/aromatic N) is 2. The first kappa shape index (κ1) is 14.8. The summed E-state index contributed by atoms with van der Waals surface area (Å²) in [6.07, 6.45) is 8.72. The van der Waals surface area contributed by atoms with E-state index in [0.717, 1.165) is 29.9 Å². The molecule has 112 valence electrons. The number of nitrogens with one attached hydrogen (secondary N) is 1. The molecule has 0 radical (unpaired) electrons. The van der Waals surface area contributed by atoms with Crippen molar-refractivity contribution in [3.05, 3.63) is 52.5 Å². The molecule has 1 atom stereocenters. The van der Waals surface area contributed by atoms with E-state index in [0.29, 0.717) is 5.92 Å². The number of aromatic nitrogens is 2. The van der Waals surface area contributed by atoms with Crippen LogP contribution < -0.4 is 5.32 Å². The molecule has 1 fully saturated rings. The molecule has 0 spiro atoms. The van der Waals surface area contributed by atoms with Crippen molar-refractivity contribution in [2.45, 2.75) is 37.6 Å². The highest BCUT2D eigenvalue weighted by Crippen LogP contribution is 2.26. The van der Waals surface area contributed by atoms with Crippen LogP contribution in [0.25, 0.3) is 0 Å². The summed E-state index contributed by atoms with van der Waals surface area (Å²) in [7, 11) is 2.07. The van der Waals surface area contributed by atoms with Crippen LogP contribution in [-0.2, 0) is 13.5 Å². The Bertz CT molecular complexity index is 589. The van der Waals surface area contributed by atoms with Gasteiger partial charge in [0.1, 0.15) is 5.82 Å². The molecule has 4 heteroatoms.